The molecule has 112 valence electrons. The second-order valence-corrected chi connectivity index (χ2v) is 5.99. The third-order valence-electron chi connectivity index (χ3n) is 2.59. The van der Waals surface area contributed by atoms with Crippen molar-refractivity contribution in [2.24, 2.45) is 11.7 Å². The van der Waals surface area contributed by atoms with Crippen molar-refractivity contribution in [1.82, 2.24) is 4.90 Å². The van der Waals surface area contributed by atoms with Crippen LogP contribution in [0.25, 0.3) is 0 Å². The average molecular weight is 288 g/mol. The van der Waals surface area contributed by atoms with Gasteiger partial charge in [0.2, 0.25) is 5.91 Å². The Balaban J connectivity index is 4.17. The standard InChI is InChI=1S/C14H28N2O2S/c1-11(2)10-14(17)16(8-6-13(15)19)7-5-9-18-12(3)4/h11-12H,5-10H2,1-4H3,(H2,15,19). The van der Waals surface area contributed by atoms with Gasteiger partial charge in [-0.05, 0) is 26.2 Å². The van der Waals surface area contributed by atoms with Crippen molar-refractivity contribution in [3.05, 3.63) is 0 Å². The van der Waals surface area contributed by atoms with Crippen LogP contribution in [0.5, 0.6) is 0 Å². The van der Waals surface area contributed by atoms with Crippen LogP contribution in [0.4, 0.5) is 0 Å². The highest BCUT2D eigenvalue weighted by Crippen LogP contribution is 2.06. The Labute approximate surface area is 122 Å². The molecular weight excluding hydrogens is 260 g/mol. The molecular formula is C14H28N2O2S. The van der Waals surface area contributed by atoms with Crippen LogP contribution >= 0.6 is 12.2 Å². The van der Waals surface area contributed by atoms with E-state index >= 15 is 0 Å². The van der Waals surface area contributed by atoms with Crippen molar-refractivity contribution < 1.29 is 9.53 Å². The van der Waals surface area contributed by atoms with E-state index in [1.54, 1.807) is 0 Å². The zero-order valence-electron chi connectivity index (χ0n) is 12.6. The normalized spacial score (nSPS) is 11.1. The lowest BCUT2D eigenvalue weighted by Crippen LogP contribution is -2.35. The summed E-state index contributed by atoms with van der Waals surface area (Å²) in [6.45, 7) is 10.1. The first-order valence-electron chi connectivity index (χ1n) is 7.00. The Morgan fingerprint density at radius 3 is 2.37 bits per heavy atom. The van der Waals surface area contributed by atoms with E-state index < -0.39 is 0 Å². The SMILES string of the molecule is CC(C)CC(=O)N(CCCOC(C)C)CCC(N)=S. The number of ether oxygens (including phenoxy) is 1. The van der Waals surface area contributed by atoms with Gasteiger partial charge in [0.05, 0.1) is 11.1 Å². The number of thiocarbonyl (C=S) groups is 1. The van der Waals surface area contributed by atoms with Gasteiger partial charge in [0, 0.05) is 32.5 Å². The van der Waals surface area contributed by atoms with Crippen molar-refractivity contribution in [2.75, 3.05) is 19.7 Å². The summed E-state index contributed by atoms with van der Waals surface area (Å²) < 4.78 is 5.49. The first-order valence-corrected chi connectivity index (χ1v) is 7.41. The molecule has 0 saturated carbocycles. The average Bonchev–Trinajstić information content (AvgIpc) is 2.26. The van der Waals surface area contributed by atoms with Gasteiger partial charge in [-0.1, -0.05) is 26.1 Å². The summed E-state index contributed by atoms with van der Waals surface area (Å²) in [6, 6.07) is 0. The quantitative estimate of drug-likeness (QED) is 0.495. The maximum Gasteiger partial charge on any atom is 0.222 e. The van der Waals surface area contributed by atoms with E-state index in [0.717, 1.165) is 6.42 Å². The molecule has 0 spiro atoms. The maximum atomic E-state index is 12.1. The van der Waals surface area contributed by atoms with Crippen molar-refractivity contribution >= 4 is 23.1 Å². The van der Waals surface area contributed by atoms with Crippen LogP contribution in [0.1, 0.15) is 47.0 Å². The summed E-state index contributed by atoms with van der Waals surface area (Å²) in [5.74, 6) is 0.544. The fourth-order valence-corrected chi connectivity index (χ4v) is 1.75. The lowest BCUT2D eigenvalue weighted by Gasteiger charge is -2.23. The van der Waals surface area contributed by atoms with E-state index in [9.17, 15) is 4.79 Å². The molecule has 0 aliphatic carbocycles. The molecule has 0 radical (unpaired) electrons. The highest BCUT2D eigenvalue weighted by molar-refractivity contribution is 7.80. The van der Waals surface area contributed by atoms with Gasteiger partial charge >= 0.3 is 0 Å². The Bertz CT molecular complexity index is 281. The molecule has 0 fully saturated rings. The van der Waals surface area contributed by atoms with E-state index in [-0.39, 0.29) is 12.0 Å². The molecule has 0 aliphatic rings. The monoisotopic (exact) mass is 288 g/mol. The van der Waals surface area contributed by atoms with Crippen molar-refractivity contribution in [1.29, 1.82) is 0 Å². The van der Waals surface area contributed by atoms with E-state index in [2.05, 4.69) is 0 Å². The summed E-state index contributed by atoms with van der Waals surface area (Å²) in [4.78, 5) is 14.4. The van der Waals surface area contributed by atoms with E-state index in [1.165, 1.54) is 0 Å². The molecule has 0 aliphatic heterocycles. The molecule has 0 aromatic carbocycles. The van der Waals surface area contributed by atoms with Crippen LogP contribution in [0.2, 0.25) is 0 Å². The fourth-order valence-electron chi connectivity index (χ4n) is 1.66. The Hall–Kier alpha value is -0.680. The summed E-state index contributed by atoms with van der Waals surface area (Å²) >= 11 is 4.87. The van der Waals surface area contributed by atoms with Gasteiger partial charge in [-0.15, -0.1) is 0 Å². The lowest BCUT2D eigenvalue weighted by atomic mass is 10.1. The van der Waals surface area contributed by atoms with E-state index in [1.807, 2.05) is 32.6 Å². The highest BCUT2D eigenvalue weighted by atomic mass is 32.1. The fraction of sp³-hybridized carbons (Fsp3) is 0.857. The summed E-state index contributed by atoms with van der Waals surface area (Å²) in [5, 5.41) is 0. The number of nitrogens with zero attached hydrogens (tertiary/aromatic N) is 1. The zero-order valence-corrected chi connectivity index (χ0v) is 13.5. The largest absolute Gasteiger partial charge is 0.393 e. The smallest absolute Gasteiger partial charge is 0.222 e. The number of carbonyl (C=O) groups excluding carboxylic acids is 1. The van der Waals surface area contributed by atoms with Crippen LogP contribution in [-0.2, 0) is 9.53 Å². The van der Waals surface area contributed by atoms with Gasteiger partial charge in [-0.3, -0.25) is 4.79 Å². The van der Waals surface area contributed by atoms with Gasteiger partial charge in [0.15, 0.2) is 0 Å². The minimum Gasteiger partial charge on any atom is -0.393 e. The van der Waals surface area contributed by atoms with Gasteiger partial charge in [0.1, 0.15) is 0 Å². The van der Waals surface area contributed by atoms with Gasteiger partial charge in [-0.2, -0.15) is 0 Å². The maximum absolute atomic E-state index is 12.1. The third kappa shape index (κ3) is 10.9. The lowest BCUT2D eigenvalue weighted by molar-refractivity contribution is -0.132. The first kappa shape index (κ1) is 18.3. The molecule has 2 N–H and O–H groups in total. The molecule has 1 amide bonds. The predicted octanol–water partition coefficient (Wildman–Crippen LogP) is 2.35. The first-order chi connectivity index (χ1) is 8.82. The molecule has 0 rings (SSSR count). The summed E-state index contributed by atoms with van der Waals surface area (Å²) in [5.41, 5.74) is 5.51. The number of hydrogen-bond acceptors (Lipinski definition) is 3. The van der Waals surface area contributed by atoms with Crippen LogP contribution in [-0.4, -0.2) is 41.6 Å². The Morgan fingerprint density at radius 2 is 1.89 bits per heavy atom. The molecule has 0 heterocycles. The second kappa shape index (κ2) is 10.1. The molecule has 0 saturated heterocycles. The van der Waals surface area contributed by atoms with Gasteiger partial charge < -0.3 is 15.4 Å². The molecule has 0 aromatic rings. The number of nitrogens with two attached hydrogens (primary N) is 1. The molecule has 19 heavy (non-hydrogen) atoms. The van der Waals surface area contributed by atoms with E-state index in [0.29, 0.717) is 43.4 Å². The minimum atomic E-state index is 0.177. The van der Waals surface area contributed by atoms with Crippen molar-refractivity contribution in [3.8, 4) is 0 Å². The van der Waals surface area contributed by atoms with E-state index in [4.69, 9.17) is 22.7 Å². The molecule has 4 nitrogen and oxygen atoms in total. The molecule has 0 bridgehead atoms. The van der Waals surface area contributed by atoms with Crippen LogP contribution < -0.4 is 5.73 Å². The Kier molecular flexibility index (Phi) is 9.79. The number of rotatable bonds is 10. The van der Waals surface area contributed by atoms with Crippen LogP contribution in [0.3, 0.4) is 0 Å². The summed E-state index contributed by atoms with van der Waals surface area (Å²) in [7, 11) is 0. The topological polar surface area (TPSA) is 55.6 Å². The molecule has 5 heteroatoms. The van der Waals surface area contributed by atoms with Crippen molar-refractivity contribution in [3.63, 3.8) is 0 Å². The summed E-state index contributed by atoms with van der Waals surface area (Å²) in [6.07, 6.45) is 2.24. The zero-order chi connectivity index (χ0) is 14.8. The van der Waals surface area contributed by atoms with Gasteiger partial charge in [0.25, 0.3) is 0 Å². The molecule has 0 aromatic heterocycles. The number of hydrogen-bond donors (Lipinski definition) is 1. The highest BCUT2D eigenvalue weighted by Gasteiger charge is 2.14. The van der Waals surface area contributed by atoms with Gasteiger partial charge in [-0.25, -0.2) is 0 Å². The number of carbonyl (C=O) groups is 1. The molecule has 0 atom stereocenters. The minimum absolute atomic E-state index is 0.177. The van der Waals surface area contributed by atoms with Crippen LogP contribution in [0, 0.1) is 5.92 Å². The number of amides is 1. The Morgan fingerprint density at radius 1 is 1.26 bits per heavy atom. The van der Waals surface area contributed by atoms with Crippen LogP contribution in [0.15, 0.2) is 0 Å². The third-order valence-corrected chi connectivity index (χ3v) is 2.79. The van der Waals surface area contributed by atoms with Crippen molar-refractivity contribution in [2.45, 2.75) is 53.1 Å². The predicted molar refractivity (Wildman–Crippen MR) is 83.1 cm³/mol. The molecule has 0 unspecified atom stereocenters. The second-order valence-electron chi connectivity index (χ2n) is 5.47.